The van der Waals surface area contributed by atoms with Crippen LogP contribution in [-0.4, -0.2) is 26.3 Å². The molecule has 0 radical (unpaired) electrons. The number of carbonyl (C=O) groups is 1. The number of carbonyl (C=O) groups excluding carboxylic acids is 1. The van der Waals surface area contributed by atoms with E-state index in [1.165, 1.54) is 0 Å². The zero-order valence-corrected chi connectivity index (χ0v) is 7.21. The van der Waals surface area contributed by atoms with Gasteiger partial charge in [-0.1, -0.05) is 6.92 Å². The molecule has 0 aromatic carbocycles. The lowest BCUT2D eigenvalue weighted by atomic mass is 10.1. The molecule has 0 aliphatic rings. The van der Waals surface area contributed by atoms with Crippen LogP contribution in [0.2, 0.25) is 0 Å². The van der Waals surface area contributed by atoms with E-state index in [1.807, 2.05) is 13.8 Å². The van der Waals surface area contributed by atoms with E-state index < -0.39 is 0 Å². The second kappa shape index (κ2) is 7.69. The van der Waals surface area contributed by atoms with Crippen LogP contribution in [0, 0.1) is 5.92 Å². The molecule has 0 saturated heterocycles. The zero-order chi connectivity index (χ0) is 8.53. The Morgan fingerprint density at radius 1 is 1.45 bits per heavy atom. The van der Waals surface area contributed by atoms with Gasteiger partial charge in [-0.15, -0.1) is 0 Å². The highest BCUT2D eigenvalue weighted by Crippen LogP contribution is 1.98. The Morgan fingerprint density at radius 3 is 2.73 bits per heavy atom. The van der Waals surface area contributed by atoms with Crippen LogP contribution in [0.4, 0.5) is 0 Å². The van der Waals surface area contributed by atoms with Crippen molar-refractivity contribution in [3.05, 3.63) is 0 Å². The van der Waals surface area contributed by atoms with E-state index in [2.05, 4.69) is 0 Å². The van der Waals surface area contributed by atoms with Gasteiger partial charge in [0.1, 0.15) is 13.1 Å². The van der Waals surface area contributed by atoms with Gasteiger partial charge in [-0.05, 0) is 12.8 Å². The molecule has 66 valence electrons. The fraction of sp³-hybridized carbons (Fsp3) is 0.875. The van der Waals surface area contributed by atoms with Gasteiger partial charge in [-0.2, -0.15) is 0 Å². The number of hydrogen-bond donors (Lipinski definition) is 0. The van der Waals surface area contributed by atoms with Crippen molar-refractivity contribution in [2.75, 3.05) is 20.0 Å². The molecule has 3 nitrogen and oxygen atoms in total. The average molecular weight is 160 g/mol. The van der Waals surface area contributed by atoms with Crippen LogP contribution in [0.25, 0.3) is 0 Å². The second-order valence-electron chi connectivity index (χ2n) is 2.49. The predicted octanol–water partition coefficient (Wildman–Crippen LogP) is 1.22. The summed E-state index contributed by atoms with van der Waals surface area (Å²) in [6.45, 7) is 5.49. The highest BCUT2D eigenvalue weighted by molar-refractivity contribution is 5.49. The highest BCUT2D eigenvalue weighted by atomic mass is 16.7. The maximum atomic E-state index is 10.0. The quantitative estimate of drug-likeness (QED) is 0.319. The monoisotopic (exact) mass is 160 g/mol. The van der Waals surface area contributed by atoms with Gasteiger partial charge in [0.2, 0.25) is 0 Å². The maximum Gasteiger partial charge on any atom is 0.146 e. The summed E-state index contributed by atoms with van der Waals surface area (Å²) in [6.07, 6.45) is 1.47. The fourth-order valence-electron chi connectivity index (χ4n) is 0.624. The third kappa shape index (κ3) is 7.49. The molecule has 3 heteroatoms. The lowest BCUT2D eigenvalue weighted by Crippen LogP contribution is -2.08. The second-order valence-corrected chi connectivity index (χ2v) is 2.49. The first kappa shape index (κ1) is 10.6. The van der Waals surface area contributed by atoms with E-state index >= 15 is 0 Å². The van der Waals surface area contributed by atoms with E-state index in [1.54, 1.807) is 0 Å². The van der Waals surface area contributed by atoms with E-state index in [4.69, 9.17) is 9.47 Å². The lowest BCUT2D eigenvalue weighted by Gasteiger charge is -2.07. The largest absolute Gasteiger partial charge is 0.356 e. The molecule has 1 atom stereocenters. The first-order chi connectivity index (χ1) is 5.31. The molecule has 0 heterocycles. The third-order valence-electron chi connectivity index (χ3n) is 1.27. The number of ether oxygens (including phenoxy) is 2. The van der Waals surface area contributed by atoms with E-state index in [0.29, 0.717) is 32.3 Å². The van der Waals surface area contributed by atoms with Gasteiger partial charge in [-0.3, -0.25) is 0 Å². The Balaban J connectivity index is 3.03. The summed E-state index contributed by atoms with van der Waals surface area (Å²) < 4.78 is 10.1. The van der Waals surface area contributed by atoms with Crippen molar-refractivity contribution in [3.8, 4) is 0 Å². The van der Waals surface area contributed by atoms with Crippen LogP contribution in [0.5, 0.6) is 0 Å². The topological polar surface area (TPSA) is 35.5 Å². The third-order valence-corrected chi connectivity index (χ3v) is 1.27. The molecule has 0 amide bonds. The molecule has 0 unspecified atom stereocenters. The van der Waals surface area contributed by atoms with Gasteiger partial charge in [0.15, 0.2) is 0 Å². The molecule has 0 saturated carbocycles. The number of hydrogen-bond acceptors (Lipinski definition) is 3. The molecule has 0 bridgehead atoms. The van der Waals surface area contributed by atoms with Gasteiger partial charge < -0.3 is 14.3 Å². The predicted molar refractivity (Wildman–Crippen MR) is 42.3 cm³/mol. The molecule has 0 N–H and O–H groups in total. The molecule has 0 spiro atoms. The molecule has 0 fully saturated rings. The Labute approximate surface area is 67.7 Å². The summed E-state index contributed by atoms with van der Waals surface area (Å²) >= 11 is 0. The van der Waals surface area contributed by atoms with Crippen molar-refractivity contribution in [2.45, 2.75) is 20.3 Å². The van der Waals surface area contributed by atoms with Gasteiger partial charge >= 0.3 is 0 Å². The van der Waals surface area contributed by atoms with Gasteiger partial charge in [-0.25, -0.2) is 0 Å². The van der Waals surface area contributed by atoms with Crippen LogP contribution in [0.1, 0.15) is 20.3 Å². The SMILES string of the molecule is CCOCOC[C@H](C)CC=O. The lowest BCUT2D eigenvalue weighted by molar-refractivity contribution is -0.109. The van der Waals surface area contributed by atoms with E-state index in [9.17, 15) is 4.79 Å². The minimum Gasteiger partial charge on any atom is -0.356 e. The van der Waals surface area contributed by atoms with Crippen LogP contribution in [-0.2, 0) is 14.3 Å². The fourth-order valence-corrected chi connectivity index (χ4v) is 0.624. The van der Waals surface area contributed by atoms with Crippen molar-refractivity contribution in [3.63, 3.8) is 0 Å². The Morgan fingerprint density at radius 2 is 2.18 bits per heavy atom. The van der Waals surface area contributed by atoms with E-state index in [-0.39, 0.29) is 0 Å². The van der Waals surface area contributed by atoms with Crippen molar-refractivity contribution < 1.29 is 14.3 Å². The van der Waals surface area contributed by atoms with Crippen molar-refractivity contribution >= 4 is 6.29 Å². The first-order valence-corrected chi connectivity index (χ1v) is 3.90. The molecule has 0 rings (SSSR count). The highest BCUT2D eigenvalue weighted by Gasteiger charge is 1.99. The maximum absolute atomic E-state index is 10.0. The number of aldehydes is 1. The van der Waals surface area contributed by atoms with Gasteiger partial charge in [0.25, 0.3) is 0 Å². The number of rotatable bonds is 7. The van der Waals surface area contributed by atoms with Crippen molar-refractivity contribution in [1.82, 2.24) is 0 Å². The Hall–Kier alpha value is -0.410. The molecule has 0 aliphatic heterocycles. The minimum absolute atomic E-state index is 0.299. The molecular formula is C8H16O3. The molecular weight excluding hydrogens is 144 g/mol. The van der Waals surface area contributed by atoms with Gasteiger partial charge in [0.05, 0.1) is 6.61 Å². The van der Waals surface area contributed by atoms with Crippen LogP contribution in [0.3, 0.4) is 0 Å². The average Bonchev–Trinajstić information content (AvgIpc) is 1.99. The summed E-state index contributed by atoms with van der Waals surface area (Å²) in [7, 11) is 0. The molecule has 0 aromatic rings. The van der Waals surface area contributed by atoms with Crippen molar-refractivity contribution in [2.24, 2.45) is 5.92 Å². The smallest absolute Gasteiger partial charge is 0.146 e. The first-order valence-electron chi connectivity index (χ1n) is 3.90. The summed E-state index contributed by atoms with van der Waals surface area (Å²) in [4.78, 5) is 10.0. The normalized spacial score (nSPS) is 12.9. The van der Waals surface area contributed by atoms with Crippen LogP contribution >= 0.6 is 0 Å². The Bertz CT molecular complexity index is 93.3. The molecule has 0 aromatic heterocycles. The van der Waals surface area contributed by atoms with Crippen LogP contribution < -0.4 is 0 Å². The minimum atomic E-state index is 0.299. The zero-order valence-electron chi connectivity index (χ0n) is 7.21. The standard InChI is InChI=1S/C8H16O3/c1-3-10-7-11-6-8(2)4-5-9/h5,8H,3-4,6-7H2,1-2H3/t8-/m1/s1. The summed E-state index contributed by atoms with van der Waals surface area (Å²) in [5.74, 6) is 0.299. The summed E-state index contributed by atoms with van der Waals surface area (Å²) in [5, 5.41) is 0. The molecule has 11 heavy (non-hydrogen) atoms. The van der Waals surface area contributed by atoms with E-state index in [0.717, 1.165) is 6.29 Å². The van der Waals surface area contributed by atoms with Crippen molar-refractivity contribution in [1.29, 1.82) is 0 Å². The van der Waals surface area contributed by atoms with Crippen LogP contribution in [0.15, 0.2) is 0 Å². The molecule has 0 aliphatic carbocycles. The summed E-state index contributed by atoms with van der Waals surface area (Å²) in [5.41, 5.74) is 0. The Kier molecular flexibility index (Phi) is 7.41. The van der Waals surface area contributed by atoms with Gasteiger partial charge in [0, 0.05) is 13.0 Å². The summed E-state index contributed by atoms with van der Waals surface area (Å²) in [6, 6.07) is 0.